The van der Waals surface area contributed by atoms with Gasteiger partial charge in [0.25, 0.3) is 0 Å². The van der Waals surface area contributed by atoms with E-state index in [0.29, 0.717) is 13.0 Å². The molecule has 2 heterocycles. The van der Waals surface area contributed by atoms with Crippen molar-refractivity contribution in [1.29, 1.82) is 0 Å². The molecule has 0 spiro atoms. The van der Waals surface area contributed by atoms with Crippen molar-refractivity contribution in [2.75, 3.05) is 26.2 Å². The fraction of sp³-hybridized carbons (Fsp3) is 0.636. The molecule has 2 aliphatic heterocycles. The van der Waals surface area contributed by atoms with Crippen LogP contribution in [-0.2, 0) is 14.4 Å². The molecule has 0 N–H and O–H groups in total. The maximum Gasteiger partial charge on any atom is 0.312 e. The van der Waals surface area contributed by atoms with E-state index >= 15 is 0 Å². The van der Waals surface area contributed by atoms with Crippen molar-refractivity contribution in [1.82, 2.24) is 4.90 Å². The number of carbonyl (C=O) groups excluding carboxylic acids is 1. The zero-order valence-electron chi connectivity index (χ0n) is 16.9. The van der Waals surface area contributed by atoms with Crippen LogP contribution in [0.3, 0.4) is 0 Å². The zero-order chi connectivity index (χ0) is 19.3. The van der Waals surface area contributed by atoms with Gasteiger partial charge in [-0.25, -0.2) is 0 Å². The van der Waals surface area contributed by atoms with Gasteiger partial charge in [0, 0.05) is 18.4 Å². The fourth-order valence-corrected chi connectivity index (χ4v) is 4.33. The van der Waals surface area contributed by atoms with Gasteiger partial charge >= 0.3 is 5.97 Å². The summed E-state index contributed by atoms with van der Waals surface area (Å²) < 4.78 is 5.47. The molecule has 0 bridgehead atoms. The first kappa shape index (κ1) is 19.9. The summed E-state index contributed by atoms with van der Waals surface area (Å²) in [6, 6.07) is 8.24. The molecule has 5 nitrogen and oxygen atoms in total. The highest BCUT2D eigenvalue weighted by Crippen LogP contribution is 2.40. The van der Waals surface area contributed by atoms with Crippen LogP contribution in [0.2, 0.25) is 0 Å². The van der Waals surface area contributed by atoms with Crippen molar-refractivity contribution in [2.24, 2.45) is 10.6 Å². The standard InChI is InChI=1S/C22H32N2O3/c1-4-12-24-13-10-22(11-14-24,21(25)26-5-2)16-18-15-20(23-27-18)19-9-7-6-8-17(19)3/h6-9,18H,4-5,10-16H2,1-3H3. The first-order valence-corrected chi connectivity index (χ1v) is 10.3. The van der Waals surface area contributed by atoms with Crippen molar-refractivity contribution in [3.63, 3.8) is 0 Å². The molecule has 0 radical (unpaired) electrons. The second-order valence-electron chi connectivity index (χ2n) is 7.83. The van der Waals surface area contributed by atoms with Gasteiger partial charge in [0.15, 0.2) is 0 Å². The SMILES string of the molecule is CCCN1CCC(CC2CC(c3ccccc3C)=NO2)(C(=O)OCC)CC1. The minimum Gasteiger partial charge on any atom is -0.466 e. The molecule has 1 saturated heterocycles. The Morgan fingerprint density at radius 1 is 1.30 bits per heavy atom. The maximum absolute atomic E-state index is 12.8. The average Bonchev–Trinajstić information content (AvgIpc) is 3.12. The van der Waals surface area contributed by atoms with Gasteiger partial charge in [-0.15, -0.1) is 0 Å². The first-order valence-electron chi connectivity index (χ1n) is 10.3. The average molecular weight is 373 g/mol. The van der Waals surface area contributed by atoms with Gasteiger partial charge < -0.3 is 14.5 Å². The number of esters is 1. The van der Waals surface area contributed by atoms with Crippen LogP contribution in [0.1, 0.15) is 57.1 Å². The van der Waals surface area contributed by atoms with Crippen molar-refractivity contribution in [3.8, 4) is 0 Å². The molecule has 148 valence electrons. The number of piperidine rings is 1. The zero-order valence-corrected chi connectivity index (χ0v) is 16.9. The molecule has 5 heteroatoms. The van der Waals surface area contributed by atoms with E-state index in [1.807, 2.05) is 19.1 Å². The van der Waals surface area contributed by atoms with Crippen molar-refractivity contribution in [2.45, 2.75) is 59.0 Å². The van der Waals surface area contributed by atoms with Crippen LogP contribution in [0.25, 0.3) is 0 Å². The molecule has 1 fully saturated rings. The van der Waals surface area contributed by atoms with E-state index in [1.54, 1.807) is 0 Å². The van der Waals surface area contributed by atoms with Crippen LogP contribution in [-0.4, -0.2) is 48.9 Å². The molecular weight excluding hydrogens is 340 g/mol. The number of aryl methyl sites for hydroxylation is 1. The fourth-order valence-electron chi connectivity index (χ4n) is 4.33. The summed E-state index contributed by atoms with van der Waals surface area (Å²) in [5, 5.41) is 4.35. The van der Waals surface area contributed by atoms with Gasteiger partial charge in [-0.2, -0.15) is 0 Å². The molecule has 1 aromatic carbocycles. The number of benzene rings is 1. The monoisotopic (exact) mass is 372 g/mol. The van der Waals surface area contributed by atoms with E-state index in [4.69, 9.17) is 9.57 Å². The third kappa shape index (κ3) is 4.52. The predicted molar refractivity (Wildman–Crippen MR) is 107 cm³/mol. The minimum atomic E-state index is -0.443. The Balaban J connectivity index is 1.67. The van der Waals surface area contributed by atoms with E-state index in [-0.39, 0.29) is 12.1 Å². The summed E-state index contributed by atoms with van der Waals surface area (Å²) >= 11 is 0. The Bertz CT molecular complexity index is 678. The lowest BCUT2D eigenvalue weighted by Gasteiger charge is -2.40. The Morgan fingerprint density at radius 3 is 2.70 bits per heavy atom. The Morgan fingerprint density at radius 2 is 2.04 bits per heavy atom. The maximum atomic E-state index is 12.8. The Kier molecular flexibility index (Phi) is 6.53. The minimum absolute atomic E-state index is 0.0539. The molecule has 0 saturated carbocycles. The second-order valence-corrected chi connectivity index (χ2v) is 7.83. The quantitative estimate of drug-likeness (QED) is 0.681. The summed E-state index contributed by atoms with van der Waals surface area (Å²) in [6.07, 6.45) is 4.21. The third-order valence-corrected chi connectivity index (χ3v) is 5.87. The highest BCUT2D eigenvalue weighted by molar-refractivity contribution is 6.02. The number of hydrogen-bond acceptors (Lipinski definition) is 5. The number of nitrogens with zero attached hydrogens (tertiary/aromatic N) is 2. The summed E-state index contributed by atoms with van der Waals surface area (Å²) in [7, 11) is 0. The molecular formula is C22H32N2O3. The van der Waals surface area contributed by atoms with Crippen LogP contribution in [0.15, 0.2) is 29.4 Å². The molecule has 2 aliphatic rings. The summed E-state index contributed by atoms with van der Waals surface area (Å²) in [4.78, 5) is 21.1. The van der Waals surface area contributed by atoms with E-state index in [9.17, 15) is 4.79 Å². The molecule has 1 aromatic rings. The van der Waals surface area contributed by atoms with Crippen molar-refractivity contribution in [3.05, 3.63) is 35.4 Å². The number of ether oxygens (including phenoxy) is 1. The predicted octanol–water partition coefficient (Wildman–Crippen LogP) is 3.93. The molecule has 1 unspecified atom stereocenters. The van der Waals surface area contributed by atoms with Gasteiger partial charge in [-0.05, 0) is 58.3 Å². The van der Waals surface area contributed by atoms with E-state index < -0.39 is 5.41 Å². The molecule has 0 amide bonds. The van der Waals surface area contributed by atoms with E-state index in [2.05, 4.69) is 36.0 Å². The topological polar surface area (TPSA) is 51.1 Å². The molecule has 27 heavy (non-hydrogen) atoms. The molecule has 3 rings (SSSR count). The van der Waals surface area contributed by atoms with Crippen LogP contribution >= 0.6 is 0 Å². The largest absolute Gasteiger partial charge is 0.466 e. The number of hydrogen-bond donors (Lipinski definition) is 0. The van der Waals surface area contributed by atoms with Gasteiger partial charge in [0.2, 0.25) is 0 Å². The first-order chi connectivity index (χ1) is 13.1. The number of likely N-dealkylation sites (tertiary alicyclic amines) is 1. The Labute approximate surface area is 162 Å². The summed E-state index contributed by atoms with van der Waals surface area (Å²) in [5.41, 5.74) is 2.89. The highest BCUT2D eigenvalue weighted by Gasteiger charge is 2.45. The van der Waals surface area contributed by atoms with Crippen LogP contribution in [0.4, 0.5) is 0 Å². The summed E-state index contributed by atoms with van der Waals surface area (Å²) in [5.74, 6) is -0.0610. The number of carbonyl (C=O) groups is 1. The second kappa shape index (κ2) is 8.87. The van der Waals surface area contributed by atoms with Gasteiger partial charge in [0.1, 0.15) is 6.10 Å². The lowest BCUT2D eigenvalue weighted by atomic mass is 9.73. The smallest absolute Gasteiger partial charge is 0.312 e. The third-order valence-electron chi connectivity index (χ3n) is 5.87. The van der Waals surface area contributed by atoms with Crippen LogP contribution in [0.5, 0.6) is 0 Å². The van der Waals surface area contributed by atoms with Crippen molar-refractivity contribution >= 4 is 11.7 Å². The summed E-state index contributed by atoms with van der Waals surface area (Å²) in [6.45, 7) is 9.59. The van der Waals surface area contributed by atoms with Gasteiger partial charge in [-0.1, -0.05) is 36.3 Å². The number of oxime groups is 1. The van der Waals surface area contributed by atoms with Gasteiger partial charge in [0.05, 0.1) is 17.7 Å². The van der Waals surface area contributed by atoms with Crippen molar-refractivity contribution < 1.29 is 14.4 Å². The highest BCUT2D eigenvalue weighted by atomic mass is 16.6. The molecule has 0 aliphatic carbocycles. The lowest BCUT2D eigenvalue weighted by molar-refractivity contribution is -0.161. The molecule has 1 atom stereocenters. The van der Waals surface area contributed by atoms with E-state index in [0.717, 1.165) is 56.6 Å². The van der Waals surface area contributed by atoms with Crippen LogP contribution in [0, 0.1) is 12.3 Å². The number of rotatable bonds is 7. The Hall–Kier alpha value is -1.88. The molecule has 0 aromatic heterocycles. The van der Waals surface area contributed by atoms with Gasteiger partial charge in [-0.3, -0.25) is 4.79 Å². The normalized spacial score (nSPS) is 22.2. The van der Waals surface area contributed by atoms with E-state index in [1.165, 1.54) is 5.56 Å². The lowest BCUT2D eigenvalue weighted by Crippen LogP contribution is -2.47. The van der Waals surface area contributed by atoms with Crippen LogP contribution < -0.4 is 0 Å².